The van der Waals surface area contributed by atoms with Gasteiger partial charge in [-0.3, -0.25) is 4.98 Å². The van der Waals surface area contributed by atoms with Gasteiger partial charge in [0.2, 0.25) is 0 Å². The zero-order valence-electron chi connectivity index (χ0n) is 9.01. The van der Waals surface area contributed by atoms with Crippen molar-refractivity contribution in [3.63, 3.8) is 0 Å². The largest absolute Gasteiger partial charge is 0.465 e. The molecule has 0 aliphatic carbocycles. The first-order valence-electron chi connectivity index (χ1n) is 4.58. The van der Waals surface area contributed by atoms with Crippen LogP contribution in [0.15, 0.2) is 36.3 Å². The molecule has 0 spiro atoms. The number of methoxy groups -OCH3 is 1. The van der Waals surface area contributed by atoms with Crippen molar-refractivity contribution in [2.24, 2.45) is 0 Å². The molecule has 0 unspecified atom stereocenters. The molecule has 0 fully saturated rings. The van der Waals surface area contributed by atoms with E-state index in [2.05, 4.69) is 15.0 Å². The zero-order chi connectivity index (χ0) is 12.7. The van der Waals surface area contributed by atoms with Crippen LogP contribution in [0.4, 0.5) is 0 Å². The van der Waals surface area contributed by atoms with Crippen molar-refractivity contribution in [3.8, 4) is 6.07 Å². The number of esters is 1. The summed E-state index contributed by atoms with van der Waals surface area (Å²) in [6.45, 7) is 0. The van der Waals surface area contributed by atoms with Gasteiger partial charge >= 0.3 is 5.97 Å². The molecule has 86 valence electrons. The number of carbonyl (C=O) groups excluding carboxylic acids is 1. The molecule has 0 saturated heterocycles. The fraction of sp³-hybridized carbons (Fsp3) is 0.0909. The molecule has 0 saturated carbocycles. The summed E-state index contributed by atoms with van der Waals surface area (Å²) in [5.74, 6) is -0.711. The summed E-state index contributed by atoms with van der Waals surface area (Å²) in [6, 6.07) is 5.14. The molecule has 0 aliphatic heterocycles. The fourth-order valence-electron chi connectivity index (χ4n) is 0.971. The summed E-state index contributed by atoms with van der Waals surface area (Å²) in [5, 5.41) is 11.4. The van der Waals surface area contributed by atoms with E-state index in [1.807, 2.05) is 0 Å². The summed E-state index contributed by atoms with van der Waals surface area (Å²) in [6.07, 6.45) is 4.41. The average Bonchev–Trinajstić information content (AvgIpc) is 2.39. The van der Waals surface area contributed by atoms with Crippen molar-refractivity contribution in [1.82, 2.24) is 10.3 Å². The van der Waals surface area contributed by atoms with Crippen LogP contribution < -0.4 is 5.32 Å². The van der Waals surface area contributed by atoms with Gasteiger partial charge in [0.25, 0.3) is 0 Å². The molecule has 0 aliphatic rings. The van der Waals surface area contributed by atoms with Gasteiger partial charge in [-0.2, -0.15) is 5.26 Å². The number of ether oxygens (including phenoxy) is 1. The SMILES string of the molecule is COC(=O)C(C#N)=CNC(=S)c1ccncc1. The lowest BCUT2D eigenvalue weighted by molar-refractivity contribution is -0.135. The lowest BCUT2D eigenvalue weighted by Crippen LogP contribution is -2.18. The Balaban J connectivity index is 2.74. The van der Waals surface area contributed by atoms with Crippen molar-refractivity contribution >= 4 is 23.2 Å². The molecule has 1 heterocycles. The molecule has 5 nitrogen and oxygen atoms in total. The van der Waals surface area contributed by atoms with Crippen LogP contribution in [0.3, 0.4) is 0 Å². The van der Waals surface area contributed by atoms with Crippen LogP contribution in [0.5, 0.6) is 0 Å². The number of nitrogens with zero attached hydrogens (tertiary/aromatic N) is 2. The highest BCUT2D eigenvalue weighted by atomic mass is 32.1. The maximum Gasteiger partial charge on any atom is 0.350 e. The number of pyridine rings is 1. The van der Waals surface area contributed by atoms with E-state index in [-0.39, 0.29) is 5.57 Å². The summed E-state index contributed by atoms with van der Waals surface area (Å²) in [4.78, 5) is 15.3. The van der Waals surface area contributed by atoms with Gasteiger partial charge in [0.05, 0.1) is 7.11 Å². The monoisotopic (exact) mass is 247 g/mol. The van der Waals surface area contributed by atoms with Gasteiger partial charge in [-0.1, -0.05) is 12.2 Å². The van der Waals surface area contributed by atoms with Gasteiger partial charge in [-0.25, -0.2) is 4.79 Å². The zero-order valence-corrected chi connectivity index (χ0v) is 9.82. The highest BCUT2D eigenvalue weighted by Crippen LogP contribution is 1.99. The van der Waals surface area contributed by atoms with E-state index in [0.717, 1.165) is 5.56 Å². The van der Waals surface area contributed by atoms with Gasteiger partial charge in [-0.05, 0) is 12.1 Å². The molecule has 1 aromatic heterocycles. The van der Waals surface area contributed by atoms with Crippen molar-refractivity contribution in [2.75, 3.05) is 7.11 Å². The third-order valence-corrected chi connectivity index (χ3v) is 2.17. The molecular weight excluding hydrogens is 238 g/mol. The number of hydrogen-bond donors (Lipinski definition) is 1. The number of nitriles is 1. The third-order valence-electron chi connectivity index (χ3n) is 1.82. The van der Waals surface area contributed by atoms with Crippen molar-refractivity contribution < 1.29 is 9.53 Å². The Bertz CT molecular complexity index is 491. The number of nitrogens with one attached hydrogen (secondary N) is 1. The van der Waals surface area contributed by atoms with Gasteiger partial charge in [-0.15, -0.1) is 0 Å². The summed E-state index contributed by atoms with van der Waals surface area (Å²) < 4.78 is 4.42. The molecule has 0 atom stereocenters. The predicted molar refractivity (Wildman–Crippen MR) is 64.8 cm³/mol. The number of aromatic nitrogens is 1. The van der Waals surface area contributed by atoms with Crippen LogP contribution in [0.25, 0.3) is 0 Å². The Kier molecular flexibility index (Phi) is 4.78. The highest BCUT2D eigenvalue weighted by Gasteiger charge is 2.08. The van der Waals surface area contributed by atoms with Crippen LogP contribution in [0.1, 0.15) is 5.56 Å². The van der Waals surface area contributed by atoms with Gasteiger partial charge < -0.3 is 10.1 Å². The normalized spacial score (nSPS) is 10.2. The second-order valence-electron chi connectivity index (χ2n) is 2.87. The Morgan fingerprint density at radius 3 is 2.76 bits per heavy atom. The van der Waals surface area contributed by atoms with Gasteiger partial charge in [0.15, 0.2) is 5.57 Å². The van der Waals surface area contributed by atoms with Gasteiger partial charge in [0.1, 0.15) is 11.1 Å². The van der Waals surface area contributed by atoms with E-state index >= 15 is 0 Å². The first-order valence-corrected chi connectivity index (χ1v) is 4.99. The Morgan fingerprint density at radius 2 is 2.24 bits per heavy atom. The molecule has 1 aromatic rings. The minimum atomic E-state index is -0.711. The molecule has 6 heteroatoms. The topological polar surface area (TPSA) is 75.0 Å². The van der Waals surface area contributed by atoms with Crippen LogP contribution in [0, 0.1) is 11.3 Å². The van der Waals surface area contributed by atoms with Gasteiger partial charge in [0, 0.05) is 24.2 Å². The predicted octanol–water partition coefficient (Wildman–Crippen LogP) is 0.927. The van der Waals surface area contributed by atoms with E-state index in [0.29, 0.717) is 4.99 Å². The molecule has 17 heavy (non-hydrogen) atoms. The number of carbonyl (C=O) groups is 1. The number of thiocarbonyl (C=S) groups is 1. The van der Waals surface area contributed by atoms with Crippen LogP contribution in [-0.4, -0.2) is 23.1 Å². The third kappa shape index (κ3) is 3.66. The molecule has 0 aromatic carbocycles. The minimum absolute atomic E-state index is 0.149. The highest BCUT2D eigenvalue weighted by molar-refractivity contribution is 7.80. The quantitative estimate of drug-likeness (QED) is 0.370. The van der Waals surface area contributed by atoms with Crippen molar-refractivity contribution in [3.05, 3.63) is 41.9 Å². The van der Waals surface area contributed by atoms with E-state index in [4.69, 9.17) is 17.5 Å². The Morgan fingerprint density at radius 1 is 1.59 bits per heavy atom. The lowest BCUT2D eigenvalue weighted by atomic mass is 10.2. The minimum Gasteiger partial charge on any atom is -0.465 e. The van der Waals surface area contributed by atoms with E-state index in [1.54, 1.807) is 30.6 Å². The molecule has 0 bridgehead atoms. The van der Waals surface area contributed by atoms with E-state index < -0.39 is 5.97 Å². The van der Waals surface area contributed by atoms with E-state index in [9.17, 15) is 4.79 Å². The second kappa shape index (κ2) is 6.35. The summed E-state index contributed by atoms with van der Waals surface area (Å²) in [7, 11) is 1.20. The fourth-order valence-corrected chi connectivity index (χ4v) is 1.17. The molecule has 1 rings (SSSR count). The Labute approximate surface area is 104 Å². The molecule has 0 radical (unpaired) electrons. The first-order chi connectivity index (χ1) is 8.19. The molecule has 0 amide bonds. The van der Waals surface area contributed by atoms with Crippen molar-refractivity contribution in [2.45, 2.75) is 0 Å². The standard InChI is InChI=1S/C11H9N3O2S/c1-16-11(15)9(6-12)7-14-10(17)8-2-4-13-5-3-8/h2-5,7H,1H3,(H,14,17). The lowest BCUT2D eigenvalue weighted by Gasteiger charge is -2.03. The van der Waals surface area contributed by atoms with Crippen LogP contribution >= 0.6 is 12.2 Å². The summed E-state index contributed by atoms with van der Waals surface area (Å²) in [5.41, 5.74) is 0.595. The summed E-state index contributed by atoms with van der Waals surface area (Å²) >= 11 is 5.06. The second-order valence-corrected chi connectivity index (χ2v) is 3.28. The van der Waals surface area contributed by atoms with Crippen LogP contribution in [-0.2, 0) is 9.53 Å². The average molecular weight is 247 g/mol. The maximum atomic E-state index is 11.1. The van der Waals surface area contributed by atoms with Crippen LogP contribution in [0.2, 0.25) is 0 Å². The number of hydrogen-bond acceptors (Lipinski definition) is 5. The Hall–Kier alpha value is -2.26. The maximum absolute atomic E-state index is 11.1. The van der Waals surface area contributed by atoms with Crippen molar-refractivity contribution in [1.29, 1.82) is 5.26 Å². The van der Waals surface area contributed by atoms with E-state index in [1.165, 1.54) is 13.3 Å². The molecule has 1 N–H and O–H groups in total. The first kappa shape index (κ1) is 12.8. The molecular formula is C11H9N3O2S. The smallest absolute Gasteiger partial charge is 0.350 e. The number of rotatable bonds is 3.